The predicted octanol–water partition coefficient (Wildman–Crippen LogP) is 1.82. The first-order valence-electron chi connectivity index (χ1n) is 8.50. The molecule has 0 radical (unpaired) electrons. The van der Waals surface area contributed by atoms with Crippen molar-refractivity contribution < 1.29 is 34.4 Å². The van der Waals surface area contributed by atoms with Crippen LogP contribution in [0, 0.1) is 0 Å². The second-order valence-electron chi connectivity index (χ2n) is 6.34. The number of aliphatic hydroxyl groups is 2. The third-order valence-corrected chi connectivity index (χ3v) is 4.27. The zero-order valence-corrected chi connectivity index (χ0v) is 14.8. The van der Waals surface area contributed by atoms with Crippen LogP contribution in [-0.4, -0.2) is 52.5 Å². The molecule has 2 rings (SSSR count). The zero-order chi connectivity index (χ0) is 19.3. The Morgan fingerprint density at radius 3 is 2.65 bits per heavy atom. The topological polar surface area (TPSA) is 113 Å². The van der Waals surface area contributed by atoms with Crippen molar-refractivity contribution >= 4 is 17.8 Å². The standard InChI is InChI=1S/C19H24O7/c1-11-5-3-7-14(20)18(23)15(21)8-4-6-12-9-13(25-2)10-16(22)17(12)19(24)26-11/h4,6,9-11,15,18,21-23H,3,5,7-8H2,1-2H3/b6-4+. The third-order valence-electron chi connectivity index (χ3n) is 4.27. The van der Waals surface area contributed by atoms with Crippen molar-refractivity contribution in [3.63, 3.8) is 0 Å². The van der Waals surface area contributed by atoms with Crippen LogP contribution in [0.25, 0.3) is 6.08 Å². The Balaban J connectivity index is 2.41. The lowest BCUT2D eigenvalue weighted by atomic mass is 9.99. The number of carbonyl (C=O) groups excluding carboxylic acids is 2. The first-order chi connectivity index (χ1) is 12.3. The lowest BCUT2D eigenvalue weighted by Crippen LogP contribution is -2.33. The molecule has 0 bridgehead atoms. The van der Waals surface area contributed by atoms with Gasteiger partial charge in [0, 0.05) is 12.5 Å². The van der Waals surface area contributed by atoms with Crippen LogP contribution in [0.3, 0.4) is 0 Å². The molecule has 1 heterocycles. The Labute approximate surface area is 151 Å². The normalized spacial score (nSPS) is 26.4. The van der Waals surface area contributed by atoms with Gasteiger partial charge in [0.15, 0.2) is 5.78 Å². The Morgan fingerprint density at radius 2 is 1.96 bits per heavy atom. The van der Waals surface area contributed by atoms with E-state index in [0.717, 1.165) is 0 Å². The predicted molar refractivity (Wildman–Crippen MR) is 94.1 cm³/mol. The van der Waals surface area contributed by atoms with Gasteiger partial charge in [-0.2, -0.15) is 0 Å². The van der Waals surface area contributed by atoms with E-state index >= 15 is 0 Å². The van der Waals surface area contributed by atoms with Gasteiger partial charge in [-0.1, -0.05) is 12.2 Å². The number of phenols is 1. The van der Waals surface area contributed by atoms with Gasteiger partial charge in [-0.3, -0.25) is 4.79 Å². The summed E-state index contributed by atoms with van der Waals surface area (Å²) in [5.74, 6) is -1.05. The van der Waals surface area contributed by atoms with Crippen LogP contribution in [0.5, 0.6) is 11.5 Å². The minimum atomic E-state index is -1.46. The van der Waals surface area contributed by atoms with Gasteiger partial charge in [-0.05, 0) is 37.8 Å². The summed E-state index contributed by atoms with van der Waals surface area (Å²) < 4.78 is 10.5. The van der Waals surface area contributed by atoms with E-state index in [9.17, 15) is 24.9 Å². The van der Waals surface area contributed by atoms with Crippen LogP contribution in [-0.2, 0) is 9.53 Å². The van der Waals surface area contributed by atoms with E-state index in [1.807, 2.05) is 0 Å². The molecule has 1 aliphatic heterocycles. The highest BCUT2D eigenvalue weighted by Gasteiger charge is 2.25. The van der Waals surface area contributed by atoms with E-state index < -0.39 is 30.1 Å². The summed E-state index contributed by atoms with van der Waals surface area (Å²) >= 11 is 0. The summed E-state index contributed by atoms with van der Waals surface area (Å²) in [7, 11) is 1.43. The second kappa shape index (κ2) is 8.82. The lowest BCUT2D eigenvalue weighted by Gasteiger charge is -2.18. The first-order valence-corrected chi connectivity index (χ1v) is 8.50. The van der Waals surface area contributed by atoms with Gasteiger partial charge < -0.3 is 24.8 Å². The number of ketones is 1. The van der Waals surface area contributed by atoms with Crippen LogP contribution in [0.1, 0.15) is 48.5 Å². The number of fused-ring (bicyclic) bond motifs is 1. The molecular weight excluding hydrogens is 340 g/mol. The van der Waals surface area contributed by atoms with E-state index in [2.05, 4.69) is 0 Å². The van der Waals surface area contributed by atoms with E-state index in [-0.39, 0.29) is 24.2 Å². The fourth-order valence-corrected chi connectivity index (χ4v) is 2.78. The van der Waals surface area contributed by atoms with E-state index in [1.54, 1.807) is 13.0 Å². The molecule has 1 aromatic carbocycles. The number of carbonyl (C=O) groups is 2. The van der Waals surface area contributed by atoms with Gasteiger partial charge in [0.2, 0.25) is 0 Å². The minimum Gasteiger partial charge on any atom is -0.507 e. The summed E-state index contributed by atoms with van der Waals surface area (Å²) in [6, 6.07) is 2.87. The quantitative estimate of drug-likeness (QED) is 0.652. The average Bonchev–Trinajstić information content (AvgIpc) is 2.59. The molecule has 0 saturated carbocycles. The molecule has 26 heavy (non-hydrogen) atoms. The van der Waals surface area contributed by atoms with Crippen LogP contribution < -0.4 is 4.74 Å². The number of cyclic esters (lactones) is 1. The molecule has 142 valence electrons. The number of hydrogen-bond acceptors (Lipinski definition) is 7. The molecule has 7 heteroatoms. The van der Waals surface area contributed by atoms with Crippen LogP contribution in [0.15, 0.2) is 18.2 Å². The van der Waals surface area contributed by atoms with Crippen LogP contribution >= 0.6 is 0 Å². The maximum absolute atomic E-state index is 12.5. The molecule has 0 fully saturated rings. The molecule has 1 aromatic rings. The number of ether oxygens (including phenoxy) is 2. The van der Waals surface area contributed by atoms with Crippen molar-refractivity contribution in [2.75, 3.05) is 7.11 Å². The van der Waals surface area contributed by atoms with E-state index in [0.29, 0.717) is 24.2 Å². The summed E-state index contributed by atoms with van der Waals surface area (Å²) in [6.07, 6.45) is 0.776. The fourth-order valence-electron chi connectivity index (χ4n) is 2.78. The van der Waals surface area contributed by atoms with Gasteiger partial charge in [-0.25, -0.2) is 4.79 Å². The first kappa shape index (κ1) is 19.9. The van der Waals surface area contributed by atoms with Gasteiger partial charge in [0.25, 0.3) is 0 Å². The van der Waals surface area contributed by atoms with Gasteiger partial charge >= 0.3 is 5.97 Å². The zero-order valence-electron chi connectivity index (χ0n) is 14.8. The second-order valence-corrected chi connectivity index (χ2v) is 6.34. The lowest BCUT2D eigenvalue weighted by molar-refractivity contribution is -0.132. The molecule has 0 aromatic heterocycles. The number of benzene rings is 1. The number of aromatic hydroxyl groups is 1. The highest BCUT2D eigenvalue weighted by molar-refractivity contribution is 5.97. The monoisotopic (exact) mass is 364 g/mol. The average molecular weight is 364 g/mol. The van der Waals surface area contributed by atoms with Gasteiger partial charge in [0.1, 0.15) is 23.2 Å². The SMILES string of the molecule is COc1cc(O)c2c(c1)/C=C/CC(O)C(O)C(=O)CCCC(C)OC2=O. The summed E-state index contributed by atoms with van der Waals surface area (Å²) in [5.41, 5.74) is 0.348. The van der Waals surface area contributed by atoms with Crippen molar-refractivity contribution in [2.45, 2.75) is 50.9 Å². The Hall–Kier alpha value is -2.38. The molecule has 0 saturated heterocycles. The largest absolute Gasteiger partial charge is 0.507 e. The Kier molecular flexibility index (Phi) is 6.76. The molecule has 0 spiro atoms. The molecule has 3 N–H and O–H groups in total. The number of Topliss-reactive ketones (excluding diaryl/α,β-unsaturated/α-hetero) is 1. The van der Waals surface area contributed by atoms with E-state index in [1.165, 1.54) is 25.3 Å². The number of rotatable bonds is 1. The van der Waals surface area contributed by atoms with Crippen molar-refractivity contribution in [1.29, 1.82) is 0 Å². The smallest absolute Gasteiger partial charge is 0.342 e. The van der Waals surface area contributed by atoms with Crippen molar-refractivity contribution in [3.8, 4) is 11.5 Å². The minimum absolute atomic E-state index is 0.00271. The Morgan fingerprint density at radius 1 is 1.23 bits per heavy atom. The van der Waals surface area contributed by atoms with Gasteiger partial charge in [0.05, 0.1) is 19.3 Å². The number of aliphatic hydroxyl groups excluding tert-OH is 2. The molecule has 3 unspecified atom stereocenters. The highest BCUT2D eigenvalue weighted by atomic mass is 16.5. The third kappa shape index (κ3) is 4.83. The number of methoxy groups -OCH3 is 1. The van der Waals surface area contributed by atoms with Gasteiger partial charge in [-0.15, -0.1) is 0 Å². The van der Waals surface area contributed by atoms with E-state index in [4.69, 9.17) is 9.47 Å². The maximum atomic E-state index is 12.5. The molecular formula is C19H24O7. The maximum Gasteiger partial charge on any atom is 0.342 e. The summed E-state index contributed by atoms with van der Waals surface area (Å²) in [6.45, 7) is 1.69. The van der Waals surface area contributed by atoms with Crippen LogP contribution in [0.2, 0.25) is 0 Å². The highest BCUT2D eigenvalue weighted by Crippen LogP contribution is 2.30. The summed E-state index contributed by atoms with van der Waals surface area (Å²) in [4.78, 5) is 24.4. The molecule has 7 nitrogen and oxygen atoms in total. The Bertz CT molecular complexity index is 695. The summed E-state index contributed by atoms with van der Waals surface area (Å²) in [5, 5.41) is 30.1. The molecule has 3 atom stereocenters. The van der Waals surface area contributed by atoms with Crippen molar-refractivity contribution in [2.24, 2.45) is 0 Å². The molecule has 0 aliphatic carbocycles. The number of esters is 1. The van der Waals surface area contributed by atoms with Crippen molar-refractivity contribution in [3.05, 3.63) is 29.3 Å². The molecule has 0 amide bonds. The van der Waals surface area contributed by atoms with Crippen molar-refractivity contribution in [1.82, 2.24) is 0 Å². The fraction of sp³-hybridized carbons (Fsp3) is 0.474. The number of hydrogen-bond donors (Lipinski definition) is 3. The van der Waals surface area contributed by atoms with Crippen LogP contribution in [0.4, 0.5) is 0 Å². The number of phenolic OH excluding ortho intramolecular Hbond substituents is 1. The molecule has 1 aliphatic rings.